The van der Waals surface area contributed by atoms with Gasteiger partial charge in [-0.1, -0.05) is 12.1 Å². The first-order valence-corrected chi connectivity index (χ1v) is 5.16. The van der Waals surface area contributed by atoms with Gasteiger partial charge in [-0.2, -0.15) is 5.10 Å². The van der Waals surface area contributed by atoms with Crippen LogP contribution in [0.25, 0.3) is 0 Å². The van der Waals surface area contributed by atoms with E-state index in [-0.39, 0.29) is 11.2 Å². The van der Waals surface area contributed by atoms with Gasteiger partial charge in [0.2, 0.25) is 0 Å². The highest BCUT2D eigenvalue weighted by atomic mass is 16.5. The minimum atomic E-state index is -0.358. The van der Waals surface area contributed by atoms with Gasteiger partial charge in [0.05, 0.1) is 12.8 Å². The van der Waals surface area contributed by atoms with Crippen LogP contribution in [0, 0.1) is 0 Å². The number of H-pyrrole nitrogens is 1. The number of nitrogen functional groups attached to an aromatic ring is 1. The maximum atomic E-state index is 11.0. The Hall–Kier alpha value is -2.30. The van der Waals surface area contributed by atoms with Crippen LogP contribution in [0.2, 0.25) is 0 Å². The van der Waals surface area contributed by atoms with Gasteiger partial charge in [0, 0.05) is 6.42 Å². The van der Waals surface area contributed by atoms with Crippen molar-refractivity contribution in [3.05, 3.63) is 51.9 Å². The molecule has 5 nitrogen and oxygen atoms in total. The fourth-order valence-electron chi connectivity index (χ4n) is 1.51. The van der Waals surface area contributed by atoms with E-state index < -0.39 is 0 Å². The monoisotopic (exact) mass is 231 g/mol. The van der Waals surface area contributed by atoms with E-state index in [0.29, 0.717) is 6.42 Å². The van der Waals surface area contributed by atoms with Crippen LogP contribution in [0.5, 0.6) is 5.75 Å². The van der Waals surface area contributed by atoms with Crippen molar-refractivity contribution in [2.24, 2.45) is 0 Å². The fraction of sp³-hybridized carbons (Fsp3) is 0.167. The van der Waals surface area contributed by atoms with E-state index in [4.69, 9.17) is 10.5 Å². The van der Waals surface area contributed by atoms with E-state index in [2.05, 4.69) is 10.2 Å². The molecule has 2 aromatic rings. The summed E-state index contributed by atoms with van der Waals surface area (Å²) in [7, 11) is 1.62. The highest BCUT2D eigenvalue weighted by Gasteiger charge is 2.01. The zero-order chi connectivity index (χ0) is 12.3. The van der Waals surface area contributed by atoms with Crippen molar-refractivity contribution in [1.29, 1.82) is 0 Å². The molecule has 0 atom stereocenters. The standard InChI is InChI=1S/C12H13N3O2/c1-17-10-4-2-8(3-5-10)6-9-7-11(13)12(16)15-14-9/h2-5,7H,6H2,1H3,(H2,13,14)(H,15,16). The van der Waals surface area contributed by atoms with Crippen LogP contribution < -0.4 is 16.0 Å². The SMILES string of the molecule is COc1ccc(Cc2cc(N)c(=O)[nH]n2)cc1. The maximum absolute atomic E-state index is 11.0. The molecule has 0 fully saturated rings. The fourth-order valence-corrected chi connectivity index (χ4v) is 1.51. The summed E-state index contributed by atoms with van der Waals surface area (Å²) in [5.74, 6) is 0.808. The third-order valence-electron chi connectivity index (χ3n) is 2.43. The first-order chi connectivity index (χ1) is 8.19. The lowest BCUT2D eigenvalue weighted by Crippen LogP contribution is -2.14. The van der Waals surface area contributed by atoms with Crippen LogP contribution in [0.4, 0.5) is 5.69 Å². The molecule has 0 saturated carbocycles. The van der Waals surface area contributed by atoms with E-state index in [1.807, 2.05) is 24.3 Å². The van der Waals surface area contributed by atoms with Crippen LogP contribution in [0.3, 0.4) is 0 Å². The summed E-state index contributed by atoms with van der Waals surface area (Å²) in [6.07, 6.45) is 0.616. The molecule has 0 aliphatic carbocycles. The molecule has 0 saturated heterocycles. The molecule has 5 heteroatoms. The zero-order valence-electron chi connectivity index (χ0n) is 9.43. The predicted molar refractivity (Wildman–Crippen MR) is 65.1 cm³/mol. The van der Waals surface area contributed by atoms with Crippen LogP contribution in [0.15, 0.2) is 35.1 Å². The lowest BCUT2D eigenvalue weighted by Gasteiger charge is -2.03. The normalized spacial score (nSPS) is 10.2. The third kappa shape index (κ3) is 2.63. The Labute approximate surface area is 98.2 Å². The number of hydrogen-bond donors (Lipinski definition) is 2. The van der Waals surface area contributed by atoms with Crippen LogP contribution in [-0.2, 0) is 6.42 Å². The Morgan fingerprint density at radius 2 is 2.06 bits per heavy atom. The Bertz CT molecular complexity index is 561. The molecule has 1 aromatic heterocycles. The number of rotatable bonds is 3. The van der Waals surface area contributed by atoms with E-state index in [0.717, 1.165) is 17.0 Å². The smallest absolute Gasteiger partial charge is 0.287 e. The van der Waals surface area contributed by atoms with Gasteiger partial charge >= 0.3 is 0 Å². The third-order valence-corrected chi connectivity index (χ3v) is 2.43. The molecule has 0 bridgehead atoms. The topological polar surface area (TPSA) is 81.0 Å². The maximum Gasteiger partial charge on any atom is 0.287 e. The van der Waals surface area contributed by atoms with Crippen LogP contribution in [0.1, 0.15) is 11.3 Å². The number of nitrogens with one attached hydrogen (secondary N) is 1. The van der Waals surface area contributed by atoms with Gasteiger partial charge in [-0.3, -0.25) is 4.79 Å². The number of methoxy groups -OCH3 is 1. The van der Waals surface area contributed by atoms with Crippen molar-refractivity contribution in [3.63, 3.8) is 0 Å². The first kappa shape index (κ1) is 11.2. The second-order valence-corrected chi connectivity index (χ2v) is 3.67. The van der Waals surface area contributed by atoms with Gasteiger partial charge < -0.3 is 10.5 Å². The number of ether oxygens (including phenoxy) is 1. The second-order valence-electron chi connectivity index (χ2n) is 3.67. The highest BCUT2D eigenvalue weighted by Crippen LogP contribution is 2.13. The van der Waals surface area contributed by atoms with E-state index >= 15 is 0 Å². The van der Waals surface area contributed by atoms with E-state index in [9.17, 15) is 4.79 Å². The molecule has 2 rings (SSSR count). The minimum Gasteiger partial charge on any atom is -0.497 e. The number of aromatic amines is 1. The first-order valence-electron chi connectivity index (χ1n) is 5.16. The Kier molecular flexibility index (Phi) is 3.09. The summed E-state index contributed by atoms with van der Waals surface area (Å²) in [6, 6.07) is 9.24. The molecule has 1 heterocycles. The summed E-state index contributed by atoms with van der Waals surface area (Å²) < 4.78 is 5.07. The molecule has 1 aromatic carbocycles. The molecular weight excluding hydrogens is 218 g/mol. The Morgan fingerprint density at radius 3 is 2.65 bits per heavy atom. The number of anilines is 1. The molecule has 0 amide bonds. The van der Waals surface area contributed by atoms with Gasteiger partial charge in [0.1, 0.15) is 11.4 Å². The molecular formula is C12H13N3O2. The summed E-state index contributed by atoms with van der Waals surface area (Å²) in [4.78, 5) is 11.0. The molecule has 0 aliphatic heterocycles. The van der Waals surface area contributed by atoms with Crippen molar-refractivity contribution in [2.75, 3.05) is 12.8 Å². The Morgan fingerprint density at radius 1 is 1.35 bits per heavy atom. The van der Waals surface area contributed by atoms with E-state index in [1.54, 1.807) is 13.2 Å². The molecule has 0 aliphatic rings. The van der Waals surface area contributed by atoms with E-state index in [1.165, 1.54) is 0 Å². The van der Waals surface area contributed by atoms with Gasteiger partial charge in [-0.05, 0) is 23.8 Å². The second kappa shape index (κ2) is 4.69. The predicted octanol–water partition coefficient (Wildman–Crippen LogP) is 0.951. The molecule has 3 N–H and O–H groups in total. The molecule has 0 unspecified atom stereocenters. The van der Waals surface area contributed by atoms with Gasteiger partial charge in [-0.15, -0.1) is 0 Å². The van der Waals surface area contributed by atoms with Crippen molar-refractivity contribution in [3.8, 4) is 5.75 Å². The quantitative estimate of drug-likeness (QED) is 0.824. The van der Waals surface area contributed by atoms with Crippen molar-refractivity contribution in [1.82, 2.24) is 10.2 Å². The van der Waals surface area contributed by atoms with Crippen LogP contribution >= 0.6 is 0 Å². The average molecular weight is 231 g/mol. The van der Waals surface area contributed by atoms with Crippen molar-refractivity contribution < 1.29 is 4.74 Å². The zero-order valence-corrected chi connectivity index (χ0v) is 9.43. The number of nitrogens with zero attached hydrogens (tertiary/aromatic N) is 1. The minimum absolute atomic E-state index is 0.184. The lowest BCUT2D eigenvalue weighted by molar-refractivity contribution is 0.414. The molecule has 88 valence electrons. The van der Waals surface area contributed by atoms with Crippen LogP contribution in [-0.4, -0.2) is 17.3 Å². The summed E-state index contributed by atoms with van der Waals surface area (Å²) >= 11 is 0. The number of hydrogen-bond acceptors (Lipinski definition) is 4. The summed E-state index contributed by atoms with van der Waals surface area (Å²) in [5.41, 5.74) is 7.14. The van der Waals surface area contributed by atoms with Gasteiger partial charge in [-0.25, -0.2) is 5.10 Å². The number of benzene rings is 1. The van der Waals surface area contributed by atoms with Crippen molar-refractivity contribution >= 4 is 5.69 Å². The molecule has 0 spiro atoms. The highest BCUT2D eigenvalue weighted by molar-refractivity contribution is 5.37. The molecule has 0 radical (unpaired) electrons. The molecule has 17 heavy (non-hydrogen) atoms. The van der Waals surface area contributed by atoms with Gasteiger partial charge in [0.15, 0.2) is 0 Å². The van der Waals surface area contributed by atoms with Crippen molar-refractivity contribution in [2.45, 2.75) is 6.42 Å². The number of nitrogens with two attached hydrogens (primary N) is 1. The van der Waals surface area contributed by atoms with Gasteiger partial charge in [0.25, 0.3) is 5.56 Å². The summed E-state index contributed by atoms with van der Waals surface area (Å²) in [6.45, 7) is 0. The number of aromatic nitrogens is 2. The Balaban J connectivity index is 2.19. The lowest BCUT2D eigenvalue weighted by atomic mass is 10.1. The largest absolute Gasteiger partial charge is 0.497 e. The summed E-state index contributed by atoms with van der Waals surface area (Å²) in [5, 5.41) is 6.28. The average Bonchev–Trinajstić information content (AvgIpc) is 2.35.